The van der Waals surface area contributed by atoms with Gasteiger partial charge in [0.2, 0.25) is 5.95 Å². The number of nitriles is 1. The van der Waals surface area contributed by atoms with E-state index in [9.17, 15) is 5.26 Å². The van der Waals surface area contributed by atoms with Gasteiger partial charge in [0.1, 0.15) is 17.5 Å². The maximum Gasteiger partial charge on any atom is 0.224 e. The molecule has 0 aromatic carbocycles. The van der Waals surface area contributed by atoms with Crippen LogP contribution in [0.2, 0.25) is 0 Å². The van der Waals surface area contributed by atoms with Gasteiger partial charge in [0.25, 0.3) is 0 Å². The predicted molar refractivity (Wildman–Crippen MR) is 119 cm³/mol. The van der Waals surface area contributed by atoms with E-state index >= 15 is 0 Å². The quantitative estimate of drug-likeness (QED) is 0.490. The highest BCUT2D eigenvalue weighted by Crippen LogP contribution is 2.59. The molecule has 0 saturated heterocycles. The van der Waals surface area contributed by atoms with Crippen LogP contribution in [0.15, 0.2) is 42.8 Å². The highest BCUT2D eigenvalue weighted by molar-refractivity contribution is 5.53. The van der Waals surface area contributed by atoms with E-state index in [0.717, 1.165) is 18.0 Å². The summed E-state index contributed by atoms with van der Waals surface area (Å²) in [5.41, 5.74) is 13.7. The van der Waals surface area contributed by atoms with Crippen LogP contribution < -0.4 is 22.1 Å². The Labute approximate surface area is 178 Å². The standard InChI is InChI=1S/C23H31N7/c1-2-3-15(4-5-24)12-27-22-28-13-19(11-25)21(30-22)29-14-23-8-16-6-17(9-23)20(26)18(7-16)10-23/h2-5,13,16-18,20H,1,6-10,12,14,24,26H2,(H2,27,28,29,30)/b5-4-,15-3+/t16?,17-,18+,20?,23?. The van der Waals surface area contributed by atoms with E-state index in [1.54, 1.807) is 18.3 Å². The van der Waals surface area contributed by atoms with E-state index in [-0.39, 0.29) is 5.41 Å². The van der Waals surface area contributed by atoms with Crippen molar-refractivity contribution in [3.63, 3.8) is 0 Å². The minimum atomic E-state index is 0.281. The van der Waals surface area contributed by atoms with Crippen molar-refractivity contribution in [1.82, 2.24) is 9.97 Å². The zero-order valence-electron chi connectivity index (χ0n) is 17.3. The van der Waals surface area contributed by atoms with Crippen molar-refractivity contribution in [2.24, 2.45) is 34.6 Å². The van der Waals surface area contributed by atoms with Gasteiger partial charge in [0, 0.05) is 19.1 Å². The number of nitrogens with zero attached hydrogens (tertiary/aromatic N) is 3. The van der Waals surface area contributed by atoms with Gasteiger partial charge in [-0.05, 0) is 73.1 Å². The number of nitrogens with two attached hydrogens (primary N) is 2. The average Bonchev–Trinajstić information content (AvgIpc) is 2.74. The summed E-state index contributed by atoms with van der Waals surface area (Å²) in [4.78, 5) is 8.86. The molecule has 158 valence electrons. The van der Waals surface area contributed by atoms with Crippen LogP contribution in [0.5, 0.6) is 0 Å². The second-order valence-electron chi connectivity index (χ2n) is 9.16. The molecule has 1 aromatic heterocycles. The van der Waals surface area contributed by atoms with Crippen LogP contribution in [0.3, 0.4) is 0 Å². The molecule has 4 aliphatic carbocycles. The third kappa shape index (κ3) is 4.05. The second-order valence-corrected chi connectivity index (χ2v) is 9.16. The lowest BCUT2D eigenvalue weighted by atomic mass is 9.48. The first-order chi connectivity index (χ1) is 14.6. The highest BCUT2D eigenvalue weighted by atomic mass is 15.1. The molecule has 7 nitrogen and oxygen atoms in total. The van der Waals surface area contributed by atoms with Crippen LogP contribution in [0.1, 0.15) is 37.7 Å². The highest BCUT2D eigenvalue weighted by Gasteiger charge is 2.54. The van der Waals surface area contributed by atoms with Crippen molar-refractivity contribution in [3.8, 4) is 6.07 Å². The molecule has 1 heterocycles. The fraction of sp³-hybridized carbons (Fsp3) is 0.522. The van der Waals surface area contributed by atoms with Gasteiger partial charge in [-0.3, -0.25) is 0 Å². The van der Waals surface area contributed by atoms with Gasteiger partial charge < -0.3 is 22.1 Å². The van der Waals surface area contributed by atoms with Gasteiger partial charge in [-0.1, -0.05) is 18.7 Å². The monoisotopic (exact) mass is 405 g/mol. The van der Waals surface area contributed by atoms with Crippen molar-refractivity contribution < 1.29 is 0 Å². The van der Waals surface area contributed by atoms with E-state index in [1.165, 1.54) is 38.3 Å². The van der Waals surface area contributed by atoms with Crippen molar-refractivity contribution in [3.05, 3.63) is 48.3 Å². The van der Waals surface area contributed by atoms with Crippen molar-refractivity contribution in [2.75, 3.05) is 23.7 Å². The molecule has 4 saturated carbocycles. The van der Waals surface area contributed by atoms with Crippen LogP contribution in [0.4, 0.5) is 11.8 Å². The van der Waals surface area contributed by atoms with E-state index in [0.29, 0.717) is 41.8 Å². The SMILES string of the molecule is C=C/C=C(\C=C/N)CNc1ncc(C#N)c(NCC23CC4C[C@H](C2)C(N)[C@@H](C4)C3)n1. The van der Waals surface area contributed by atoms with Gasteiger partial charge in [-0.2, -0.15) is 10.2 Å². The lowest BCUT2D eigenvalue weighted by molar-refractivity contribution is -0.0591. The van der Waals surface area contributed by atoms with Gasteiger partial charge in [-0.15, -0.1) is 0 Å². The normalized spacial score (nSPS) is 32.2. The van der Waals surface area contributed by atoms with Crippen molar-refractivity contribution in [1.29, 1.82) is 5.26 Å². The van der Waals surface area contributed by atoms with Gasteiger partial charge >= 0.3 is 0 Å². The van der Waals surface area contributed by atoms with Crippen LogP contribution >= 0.6 is 0 Å². The first-order valence-corrected chi connectivity index (χ1v) is 10.8. The largest absolute Gasteiger partial charge is 0.405 e. The summed E-state index contributed by atoms with van der Waals surface area (Å²) in [6, 6.07) is 2.58. The number of rotatable bonds is 8. The Bertz CT molecular complexity index is 881. The maximum absolute atomic E-state index is 9.51. The molecular formula is C23H31N7. The van der Waals surface area contributed by atoms with Crippen molar-refractivity contribution >= 4 is 11.8 Å². The fourth-order valence-electron chi connectivity index (χ4n) is 6.03. The number of hydrogen-bond donors (Lipinski definition) is 4. The molecule has 4 aliphatic rings. The summed E-state index contributed by atoms with van der Waals surface area (Å²) in [7, 11) is 0. The summed E-state index contributed by atoms with van der Waals surface area (Å²) in [5.74, 6) is 3.19. The van der Waals surface area contributed by atoms with Gasteiger partial charge in [0.05, 0.1) is 6.20 Å². The number of aromatic nitrogens is 2. The molecule has 4 fully saturated rings. The molecule has 4 bridgehead atoms. The first kappa shape index (κ1) is 20.4. The molecule has 5 rings (SSSR count). The van der Waals surface area contributed by atoms with Gasteiger partial charge in [-0.25, -0.2) is 4.98 Å². The third-order valence-electron chi connectivity index (χ3n) is 7.11. The third-order valence-corrected chi connectivity index (χ3v) is 7.11. The van der Waals surface area contributed by atoms with E-state index in [4.69, 9.17) is 11.5 Å². The molecule has 0 aliphatic heterocycles. The first-order valence-electron chi connectivity index (χ1n) is 10.8. The number of allylic oxidation sites excluding steroid dienone is 2. The smallest absolute Gasteiger partial charge is 0.224 e. The summed E-state index contributed by atoms with van der Waals surface area (Å²) in [6.07, 6.45) is 14.7. The lowest BCUT2D eigenvalue weighted by Crippen LogP contribution is -2.58. The minimum absolute atomic E-state index is 0.281. The van der Waals surface area contributed by atoms with Gasteiger partial charge in [0.15, 0.2) is 0 Å². The molecule has 3 unspecified atom stereocenters. The van der Waals surface area contributed by atoms with Crippen LogP contribution in [0, 0.1) is 34.5 Å². The maximum atomic E-state index is 9.51. The fourth-order valence-corrected chi connectivity index (χ4v) is 6.03. The number of anilines is 2. The molecule has 6 N–H and O–H groups in total. The summed E-state index contributed by atoms with van der Waals surface area (Å²) in [5, 5.41) is 16.2. The molecule has 7 heteroatoms. The number of hydrogen-bond acceptors (Lipinski definition) is 7. The van der Waals surface area contributed by atoms with E-state index in [1.807, 2.05) is 6.08 Å². The van der Waals surface area contributed by atoms with Crippen molar-refractivity contribution in [2.45, 2.75) is 38.1 Å². The zero-order valence-corrected chi connectivity index (χ0v) is 17.3. The second kappa shape index (κ2) is 8.49. The number of nitrogens with one attached hydrogen (secondary N) is 2. The molecule has 1 aromatic rings. The Morgan fingerprint density at radius 3 is 2.73 bits per heavy atom. The predicted octanol–water partition coefficient (Wildman–Crippen LogP) is 2.91. The Balaban J connectivity index is 1.45. The van der Waals surface area contributed by atoms with Crippen LogP contribution in [-0.2, 0) is 0 Å². The Morgan fingerprint density at radius 2 is 2.07 bits per heavy atom. The molecule has 5 atom stereocenters. The zero-order chi connectivity index (χ0) is 21.1. The van der Waals surface area contributed by atoms with E-state index < -0.39 is 0 Å². The Morgan fingerprint density at radius 1 is 1.30 bits per heavy atom. The van der Waals surface area contributed by atoms with Crippen LogP contribution in [-0.4, -0.2) is 29.1 Å². The van der Waals surface area contributed by atoms with Crippen LogP contribution in [0.25, 0.3) is 0 Å². The molecule has 0 radical (unpaired) electrons. The average molecular weight is 406 g/mol. The summed E-state index contributed by atoms with van der Waals surface area (Å²) >= 11 is 0. The molecule has 30 heavy (non-hydrogen) atoms. The topological polar surface area (TPSA) is 126 Å². The molecule has 0 spiro atoms. The summed E-state index contributed by atoms with van der Waals surface area (Å²) in [6.45, 7) is 5.07. The Hall–Kier alpha value is -2.85. The summed E-state index contributed by atoms with van der Waals surface area (Å²) < 4.78 is 0. The minimum Gasteiger partial charge on any atom is -0.405 e. The lowest BCUT2D eigenvalue weighted by Gasteiger charge is -2.59. The molecule has 0 amide bonds. The molecular weight excluding hydrogens is 374 g/mol. The Kier molecular flexibility index (Phi) is 5.78. The van der Waals surface area contributed by atoms with E-state index in [2.05, 4.69) is 33.2 Å².